The Morgan fingerprint density at radius 1 is 1.11 bits per heavy atom. The lowest BCUT2D eigenvalue weighted by molar-refractivity contribution is -0.384. The van der Waals surface area contributed by atoms with Crippen LogP contribution in [-0.4, -0.2) is 48.0 Å². The molecule has 8 nitrogen and oxygen atoms in total. The molecule has 1 saturated heterocycles. The maximum absolute atomic E-state index is 12.3. The second kappa shape index (κ2) is 8.92. The van der Waals surface area contributed by atoms with Gasteiger partial charge in [0.15, 0.2) is 5.78 Å². The van der Waals surface area contributed by atoms with E-state index in [-0.39, 0.29) is 11.5 Å². The Morgan fingerprint density at radius 3 is 2.50 bits per heavy atom. The molecule has 0 aliphatic carbocycles. The molecule has 0 saturated carbocycles. The van der Waals surface area contributed by atoms with Crippen LogP contribution in [0.25, 0.3) is 6.08 Å². The minimum Gasteiger partial charge on any atom is -0.410 e. The van der Waals surface area contributed by atoms with Crippen molar-refractivity contribution in [1.29, 1.82) is 0 Å². The molecule has 0 aromatic heterocycles. The van der Waals surface area contributed by atoms with Gasteiger partial charge in [-0.25, -0.2) is 4.79 Å². The average molecular weight is 382 g/mol. The number of hydrogen-bond donors (Lipinski definition) is 0. The largest absolute Gasteiger partial charge is 0.415 e. The Kier molecular flexibility index (Phi) is 6.13. The monoisotopic (exact) mass is 382 g/mol. The molecule has 1 aliphatic heterocycles. The lowest BCUT2D eigenvalue weighted by atomic mass is 10.1. The van der Waals surface area contributed by atoms with Crippen LogP contribution in [0.1, 0.15) is 15.9 Å². The quantitative estimate of drug-likeness (QED) is 0.340. The van der Waals surface area contributed by atoms with Gasteiger partial charge in [0.05, 0.1) is 18.1 Å². The molecule has 0 radical (unpaired) electrons. The molecule has 1 fully saturated rings. The number of rotatable bonds is 5. The van der Waals surface area contributed by atoms with Crippen LogP contribution in [-0.2, 0) is 4.74 Å². The van der Waals surface area contributed by atoms with E-state index >= 15 is 0 Å². The highest BCUT2D eigenvalue weighted by Gasteiger charge is 2.18. The fourth-order valence-corrected chi connectivity index (χ4v) is 2.61. The molecular formula is C20H18N2O6. The number of carbonyl (C=O) groups is 2. The summed E-state index contributed by atoms with van der Waals surface area (Å²) in [4.78, 5) is 36.2. The lowest BCUT2D eigenvalue weighted by Gasteiger charge is -2.25. The topological polar surface area (TPSA) is 99.0 Å². The van der Waals surface area contributed by atoms with Crippen molar-refractivity contribution in [3.63, 3.8) is 0 Å². The van der Waals surface area contributed by atoms with Gasteiger partial charge in [0.25, 0.3) is 5.69 Å². The number of amides is 1. The van der Waals surface area contributed by atoms with Crippen molar-refractivity contribution in [3.8, 4) is 5.75 Å². The van der Waals surface area contributed by atoms with Gasteiger partial charge in [-0.2, -0.15) is 0 Å². The zero-order valence-electron chi connectivity index (χ0n) is 14.9. The van der Waals surface area contributed by atoms with Gasteiger partial charge < -0.3 is 14.4 Å². The lowest BCUT2D eigenvalue weighted by Crippen LogP contribution is -2.42. The van der Waals surface area contributed by atoms with Crippen LogP contribution in [0.15, 0.2) is 54.6 Å². The van der Waals surface area contributed by atoms with Crippen LogP contribution in [0.3, 0.4) is 0 Å². The van der Waals surface area contributed by atoms with E-state index in [4.69, 9.17) is 9.47 Å². The summed E-state index contributed by atoms with van der Waals surface area (Å²) in [6, 6.07) is 12.2. The van der Waals surface area contributed by atoms with E-state index in [1.807, 2.05) is 0 Å². The van der Waals surface area contributed by atoms with Gasteiger partial charge in [-0.3, -0.25) is 14.9 Å². The molecule has 0 bridgehead atoms. The van der Waals surface area contributed by atoms with Gasteiger partial charge in [0.1, 0.15) is 5.75 Å². The molecule has 8 heteroatoms. The van der Waals surface area contributed by atoms with Gasteiger partial charge in [0, 0.05) is 30.8 Å². The third-order valence-corrected chi connectivity index (χ3v) is 4.12. The highest BCUT2D eigenvalue weighted by Crippen LogP contribution is 2.17. The first kappa shape index (κ1) is 19.2. The van der Waals surface area contributed by atoms with E-state index in [1.165, 1.54) is 24.3 Å². The maximum atomic E-state index is 12.3. The summed E-state index contributed by atoms with van der Waals surface area (Å²) in [7, 11) is 0. The Hall–Kier alpha value is -3.52. The predicted molar refractivity (Wildman–Crippen MR) is 101 cm³/mol. The first-order chi connectivity index (χ1) is 13.5. The standard InChI is InChI=1S/C20H18N2O6/c23-19(9-4-15-2-1-3-17(14-15)22(25)26)16-5-7-18(8-6-16)28-20(24)21-10-12-27-13-11-21/h1-9,14H,10-13H2/b9-4+. The van der Waals surface area contributed by atoms with Gasteiger partial charge in [-0.1, -0.05) is 18.2 Å². The number of carbonyl (C=O) groups excluding carboxylic acids is 2. The average Bonchev–Trinajstić information content (AvgIpc) is 2.73. The van der Waals surface area contributed by atoms with E-state index in [0.717, 1.165) is 0 Å². The molecule has 1 amide bonds. The van der Waals surface area contributed by atoms with Crippen molar-refractivity contribution in [2.75, 3.05) is 26.3 Å². The number of nitro benzene ring substituents is 1. The number of nitro groups is 1. The molecule has 0 atom stereocenters. The van der Waals surface area contributed by atoms with Gasteiger partial charge in [-0.15, -0.1) is 0 Å². The van der Waals surface area contributed by atoms with Crippen molar-refractivity contribution in [1.82, 2.24) is 4.90 Å². The summed E-state index contributed by atoms with van der Waals surface area (Å²) in [6.45, 7) is 1.94. The molecule has 144 valence electrons. The van der Waals surface area contributed by atoms with Crippen molar-refractivity contribution in [3.05, 3.63) is 75.8 Å². The third kappa shape index (κ3) is 5.01. The molecule has 1 heterocycles. The second-order valence-corrected chi connectivity index (χ2v) is 6.04. The fourth-order valence-electron chi connectivity index (χ4n) is 2.61. The van der Waals surface area contributed by atoms with Crippen LogP contribution in [0.2, 0.25) is 0 Å². The third-order valence-electron chi connectivity index (χ3n) is 4.12. The van der Waals surface area contributed by atoms with Gasteiger partial charge in [-0.05, 0) is 35.9 Å². The number of morpholine rings is 1. The Labute approximate surface area is 161 Å². The molecule has 28 heavy (non-hydrogen) atoms. The Balaban J connectivity index is 1.61. The summed E-state index contributed by atoms with van der Waals surface area (Å²) in [6.07, 6.45) is 2.41. The highest BCUT2D eigenvalue weighted by molar-refractivity contribution is 6.06. The fraction of sp³-hybridized carbons (Fsp3) is 0.200. The van der Waals surface area contributed by atoms with Crippen molar-refractivity contribution in [2.24, 2.45) is 0 Å². The number of ketones is 1. The number of ether oxygens (including phenoxy) is 2. The minimum atomic E-state index is -0.490. The summed E-state index contributed by atoms with van der Waals surface area (Å²) in [5.74, 6) is 0.0771. The van der Waals surface area contributed by atoms with E-state index in [0.29, 0.717) is 43.2 Å². The maximum Gasteiger partial charge on any atom is 0.415 e. The SMILES string of the molecule is O=C(/C=C/c1cccc([N+](=O)[O-])c1)c1ccc(OC(=O)N2CCOCC2)cc1. The van der Waals surface area contributed by atoms with Crippen molar-refractivity contribution in [2.45, 2.75) is 0 Å². The van der Waals surface area contributed by atoms with Crippen molar-refractivity contribution >= 4 is 23.6 Å². The van der Waals surface area contributed by atoms with E-state index in [2.05, 4.69) is 0 Å². The minimum absolute atomic E-state index is 0.0407. The highest BCUT2D eigenvalue weighted by atomic mass is 16.6. The number of hydrogen-bond acceptors (Lipinski definition) is 6. The first-order valence-corrected chi connectivity index (χ1v) is 8.64. The molecule has 3 rings (SSSR count). The summed E-state index contributed by atoms with van der Waals surface area (Å²) in [5.41, 5.74) is 0.924. The zero-order chi connectivity index (χ0) is 19.9. The molecule has 2 aromatic rings. The summed E-state index contributed by atoms with van der Waals surface area (Å²) in [5, 5.41) is 10.8. The number of nitrogens with zero attached hydrogens (tertiary/aromatic N) is 2. The van der Waals surface area contributed by atoms with Crippen LogP contribution in [0.5, 0.6) is 5.75 Å². The molecule has 0 spiro atoms. The molecule has 0 N–H and O–H groups in total. The van der Waals surface area contributed by atoms with E-state index < -0.39 is 11.0 Å². The van der Waals surface area contributed by atoms with Crippen LogP contribution in [0.4, 0.5) is 10.5 Å². The normalized spacial score (nSPS) is 14.1. The molecule has 2 aromatic carbocycles. The number of non-ortho nitro benzene ring substituents is 1. The predicted octanol–water partition coefficient (Wildman–Crippen LogP) is 3.32. The van der Waals surface area contributed by atoms with Crippen LogP contribution >= 0.6 is 0 Å². The number of benzene rings is 2. The summed E-state index contributed by atoms with van der Waals surface area (Å²) >= 11 is 0. The van der Waals surface area contributed by atoms with Crippen LogP contribution < -0.4 is 4.74 Å². The number of allylic oxidation sites excluding steroid dienone is 1. The van der Waals surface area contributed by atoms with Crippen molar-refractivity contribution < 1.29 is 24.0 Å². The smallest absolute Gasteiger partial charge is 0.410 e. The molecular weight excluding hydrogens is 364 g/mol. The zero-order valence-corrected chi connectivity index (χ0v) is 14.9. The Morgan fingerprint density at radius 2 is 1.82 bits per heavy atom. The van der Waals surface area contributed by atoms with Gasteiger partial charge >= 0.3 is 6.09 Å². The summed E-state index contributed by atoms with van der Waals surface area (Å²) < 4.78 is 10.5. The Bertz CT molecular complexity index is 901. The molecule has 1 aliphatic rings. The van der Waals surface area contributed by atoms with E-state index in [9.17, 15) is 19.7 Å². The first-order valence-electron chi connectivity index (χ1n) is 8.64. The second-order valence-electron chi connectivity index (χ2n) is 6.04. The molecule has 0 unspecified atom stereocenters. The van der Waals surface area contributed by atoms with Gasteiger partial charge in [0.2, 0.25) is 0 Å². The van der Waals surface area contributed by atoms with E-state index in [1.54, 1.807) is 41.3 Å². The van der Waals surface area contributed by atoms with Crippen LogP contribution in [0, 0.1) is 10.1 Å².